The van der Waals surface area contributed by atoms with Crippen LogP contribution in [0.15, 0.2) is 0 Å². The minimum atomic E-state index is -4.30. The molecule has 4 aliphatic rings. The lowest BCUT2D eigenvalue weighted by atomic mass is 9.48. The Hall–Kier alpha value is -1.73. The molecule has 4 bridgehead atoms. The fraction of sp³-hybridized carbons (Fsp3) is 0.850. The fourth-order valence-corrected chi connectivity index (χ4v) is 5.75. The summed E-state index contributed by atoms with van der Waals surface area (Å²) in [7, 11) is 0. The van der Waals surface area contributed by atoms with Gasteiger partial charge in [-0.2, -0.15) is 8.78 Å². The smallest absolute Gasteiger partial charge is 0.323 e. The van der Waals surface area contributed by atoms with Crippen LogP contribution in [0, 0.1) is 28.6 Å². The van der Waals surface area contributed by atoms with Crippen LogP contribution < -0.4 is 5.11 Å². The van der Waals surface area contributed by atoms with Crippen molar-refractivity contribution in [1.82, 2.24) is 0 Å². The number of halogens is 2. The van der Waals surface area contributed by atoms with Crippen LogP contribution >= 0.6 is 0 Å². The van der Waals surface area contributed by atoms with Gasteiger partial charge in [-0.05, 0) is 49.9 Å². The van der Waals surface area contributed by atoms with Crippen LogP contribution in [0.2, 0.25) is 0 Å². The average molecular weight is 401 g/mol. The molecule has 0 aromatic carbocycles. The Balaban J connectivity index is 1.83. The van der Waals surface area contributed by atoms with Crippen molar-refractivity contribution in [2.24, 2.45) is 28.6 Å². The van der Waals surface area contributed by atoms with Crippen LogP contribution in [0.1, 0.15) is 59.8 Å². The van der Waals surface area contributed by atoms with E-state index in [0.717, 1.165) is 12.8 Å². The summed E-state index contributed by atoms with van der Waals surface area (Å²) in [5.74, 6) is -7.73. The monoisotopic (exact) mass is 401 g/mol. The van der Waals surface area contributed by atoms with E-state index in [0.29, 0.717) is 19.3 Å². The van der Waals surface area contributed by atoms with Crippen molar-refractivity contribution in [2.45, 2.75) is 77.9 Å². The second kappa shape index (κ2) is 6.66. The number of carbonyl (C=O) groups excluding carboxylic acids is 3. The van der Waals surface area contributed by atoms with Gasteiger partial charge in [-0.15, -0.1) is 0 Å². The Morgan fingerprint density at radius 1 is 1.07 bits per heavy atom. The number of carbonyl (C=O) groups is 3. The molecule has 0 saturated heterocycles. The molecule has 8 heteroatoms. The van der Waals surface area contributed by atoms with Crippen molar-refractivity contribution >= 4 is 17.9 Å². The van der Waals surface area contributed by atoms with Gasteiger partial charge in [0.05, 0.1) is 5.41 Å². The summed E-state index contributed by atoms with van der Waals surface area (Å²) in [4.78, 5) is 35.5. The summed E-state index contributed by atoms with van der Waals surface area (Å²) in [6, 6.07) is 0. The third kappa shape index (κ3) is 3.50. The van der Waals surface area contributed by atoms with Crippen LogP contribution in [-0.4, -0.2) is 36.0 Å². The number of alkyl halides is 2. The third-order valence-corrected chi connectivity index (χ3v) is 6.53. The number of carboxylic acids is 1. The van der Waals surface area contributed by atoms with Crippen molar-refractivity contribution in [1.29, 1.82) is 0 Å². The minimum Gasteiger partial charge on any atom is -0.544 e. The minimum absolute atomic E-state index is 0.00237. The molecule has 4 aliphatic carbocycles. The molecule has 0 aliphatic heterocycles. The van der Waals surface area contributed by atoms with Gasteiger partial charge in [-0.1, -0.05) is 20.8 Å². The van der Waals surface area contributed by atoms with E-state index in [9.17, 15) is 28.3 Å². The van der Waals surface area contributed by atoms with E-state index in [1.54, 1.807) is 0 Å². The molecule has 0 heterocycles. The molecule has 0 N–H and O–H groups in total. The first-order valence-electron chi connectivity index (χ1n) is 9.74. The number of carboxylic acid groups (broad SMARTS) is 1. The van der Waals surface area contributed by atoms with Crippen LogP contribution in [0.3, 0.4) is 0 Å². The number of aliphatic carboxylic acids is 1. The molecule has 6 nitrogen and oxygen atoms in total. The van der Waals surface area contributed by atoms with Gasteiger partial charge in [0.25, 0.3) is 0 Å². The zero-order chi connectivity index (χ0) is 21.1. The third-order valence-electron chi connectivity index (χ3n) is 6.53. The van der Waals surface area contributed by atoms with Gasteiger partial charge < -0.3 is 19.4 Å². The molecule has 3 unspecified atom stereocenters. The Kier molecular flexibility index (Phi) is 4.99. The predicted molar refractivity (Wildman–Crippen MR) is 90.8 cm³/mol. The Morgan fingerprint density at radius 3 is 2.04 bits per heavy atom. The molecule has 0 aromatic rings. The van der Waals surface area contributed by atoms with Crippen LogP contribution in [0.25, 0.3) is 0 Å². The summed E-state index contributed by atoms with van der Waals surface area (Å²) in [5.41, 5.74) is -2.21. The first-order chi connectivity index (χ1) is 12.8. The number of hydrogen-bond donors (Lipinski definition) is 0. The zero-order valence-electron chi connectivity index (χ0n) is 16.6. The number of esters is 2. The average Bonchev–Trinajstić information content (AvgIpc) is 2.53. The summed E-state index contributed by atoms with van der Waals surface area (Å²) in [5, 5.41) is 11.0. The predicted octanol–water partition coefficient (Wildman–Crippen LogP) is 2.09. The van der Waals surface area contributed by atoms with Crippen molar-refractivity contribution in [3.8, 4) is 0 Å². The lowest BCUT2D eigenvalue weighted by Crippen LogP contribution is -2.60. The molecule has 0 amide bonds. The molecular weight excluding hydrogens is 374 g/mol. The summed E-state index contributed by atoms with van der Waals surface area (Å²) in [6.07, 6.45) is 0.643. The van der Waals surface area contributed by atoms with Crippen LogP contribution in [-0.2, 0) is 23.9 Å². The highest BCUT2D eigenvalue weighted by Gasteiger charge is 2.61. The highest BCUT2D eigenvalue weighted by atomic mass is 19.3. The molecule has 4 fully saturated rings. The van der Waals surface area contributed by atoms with Gasteiger partial charge in [0, 0.05) is 12.3 Å². The van der Waals surface area contributed by atoms with Crippen molar-refractivity contribution in [3.63, 3.8) is 0 Å². The Labute approximate surface area is 162 Å². The molecule has 4 rings (SSSR count). The largest absolute Gasteiger partial charge is 0.544 e. The first kappa shape index (κ1) is 21.0. The zero-order valence-corrected chi connectivity index (χ0v) is 16.6. The van der Waals surface area contributed by atoms with Gasteiger partial charge in [-0.3, -0.25) is 9.59 Å². The summed E-state index contributed by atoms with van der Waals surface area (Å²) < 4.78 is 39.2. The molecular formula is C20H27F2O6-. The second-order valence-corrected chi connectivity index (χ2v) is 9.89. The maximum Gasteiger partial charge on any atom is 0.323 e. The van der Waals surface area contributed by atoms with Crippen LogP contribution in [0.5, 0.6) is 0 Å². The molecule has 0 spiro atoms. The normalized spacial score (nSPS) is 35.4. The fourth-order valence-electron chi connectivity index (χ4n) is 5.75. The van der Waals surface area contributed by atoms with Crippen LogP contribution in [0.4, 0.5) is 8.78 Å². The topological polar surface area (TPSA) is 92.7 Å². The van der Waals surface area contributed by atoms with E-state index in [-0.39, 0.29) is 29.8 Å². The lowest BCUT2D eigenvalue weighted by Gasteiger charge is -2.58. The SMILES string of the molecule is CC(=O)OC1C2CC3CC1CC(C(=O)OC(C(C)(C)C)C(F)(F)C(=O)[O-])(C3)C2. The summed E-state index contributed by atoms with van der Waals surface area (Å²) in [6.45, 7) is 5.56. The maximum absolute atomic E-state index is 14.2. The van der Waals surface area contributed by atoms with Gasteiger partial charge in [0.2, 0.25) is 0 Å². The molecule has 158 valence electrons. The Morgan fingerprint density at radius 2 is 1.61 bits per heavy atom. The van der Waals surface area contributed by atoms with Gasteiger partial charge in [0.1, 0.15) is 12.1 Å². The maximum atomic E-state index is 14.2. The van der Waals surface area contributed by atoms with E-state index >= 15 is 0 Å². The standard InChI is InChI=1S/C20H28F2O6/c1-10(23)27-14-12-5-11-6-13(14)9-19(7-11,8-12)17(26)28-15(18(2,3)4)20(21,22)16(24)25/h11-15H,5-9H2,1-4H3,(H,24,25)/p-1. The lowest BCUT2D eigenvalue weighted by molar-refractivity contribution is -0.340. The molecule has 0 radical (unpaired) electrons. The number of hydrogen-bond acceptors (Lipinski definition) is 6. The van der Waals surface area contributed by atoms with E-state index in [4.69, 9.17) is 9.47 Å². The van der Waals surface area contributed by atoms with E-state index in [1.165, 1.54) is 27.7 Å². The second-order valence-electron chi connectivity index (χ2n) is 9.89. The van der Waals surface area contributed by atoms with Gasteiger partial charge >= 0.3 is 17.9 Å². The van der Waals surface area contributed by atoms with Crippen molar-refractivity contribution in [2.75, 3.05) is 0 Å². The van der Waals surface area contributed by atoms with E-state index < -0.39 is 34.8 Å². The van der Waals surface area contributed by atoms with Crippen molar-refractivity contribution in [3.05, 3.63) is 0 Å². The highest BCUT2D eigenvalue weighted by molar-refractivity contribution is 5.80. The van der Waals surface area contributed by atoms with E-state index in [1.807, 2.05) is 0 Å². The highest BCUT2D eigenvalue weighted by Crippen LogP contribution is 2.61. The number of ether oxygens (including phenoxy) is 2. The Bertz CT molecular complexity index is 667. The van der Waals surface area contributed by atoms with Gasteiger partial charge in [-0.25, -0.2) is 0 Å². The quantitative estimate of drug-likeness (QED) is 0.655. The molecule has 4 saturated carbocycles. The van der Waals surface area contributed by atoms with Crippen molar-refractivity contribution < 1.29 is 37.7 Å². The summed E-state index contributed by atoms with van der Waals surface area (Å²) >= 11 is 0. The van der Waals surface area contributed by atoms with Gasteiger partial charge in [0.15, 0.2) is 6.10 Å². The first-order valence-corrected chi connectivity index (χ1v) is 9.74. The molecule has 3 atom stereocenters. The molecule has 28 heavy (non-hydrogen) atoms. The van der Waals surface area contributed by atoms with E-state index in [2.05, 4.69) is 0 Å². The number of rotatable bonds is 5. The molecule has 0 aromatic heterocycles.